The zero-order chi connectivity index (χ0) is 18.7. The highest BCUT2D eigenvalue weighted by Gasteiger charge is 2.28. The first-order valence-corrected chi connectivity index (χ1v) is 9.78. The molecule has 0 aliphatic carbocycles. The van der Waals surface area contributed by atoms with Gasteiger partial charge in [0.1, 0.15) is 11.8 Å². The van der Waals surface area contributed by atoms with Gasteiger partial charge in [-0.05, 0) is 36.6 Å². The number of carbonyl (C=O) groups excluding carboxylic acids is 1. The SMILES string of the molecule is NC(C(=O)Nc1cc(S(=O)(=O)N2CCCC2)ccc1O)c1ccccc1. The third-order valence-corrected chi connectivity index (χ3v) is 6.26. The fourth-order valence-corrected chi connectivity index (χ4v) is 4.42. The van der Waals surface area contributed by atoms with Gasteiger partial charge < -0.3 is 16.2 Å². The second-order valence-corrected chi connectivity index (χ2v) is 8.11. The number of carbonyl (C=O) groups is 1. The summed E-state index contributed by atoms with van der Waals surface area (Å²) >= 11 is 0. The smallest absolute Gasteiger partial charge is 0.245 e. The summed E-state index contributed by atoms with van der Waals surface area (Å²) in [5, 5.41) is 12.5. The lowest BCUT2D eigenvalue weighted by molar-refractivity contribution is -0.117. The van der Waals surface area contributed by atoms with Crippen LogP contribution in [0.3, 0.4) is 0 Å². The number of phenols is 1. The minimum Gasteiger partial charge on any atom is -0.506 e. The van der Waals surface area contributed by atoms with E-state index in [0.29, 0.717) is 18.7 Å². The van der Waals surface area contributed by atoms with Crippen LogP contribution < -0.4 is 11.1 Å². The van der Waals surface area contributed by atoms with Crippen molar-refractivity contribution in [3.05, 3.63) is 54.1 Å². The van der Waals surface area contributed by atoms with Gasteiger partial charge in [-0.3, -0.25) is 4.79 Å². The normalized spacial score (nSPS) is 16.3. The van der Waals surface area contributed by atoms with Crippen molar-refractivity contribution in [3.8, 4) is 5.75 Å². The van der Waals surface area contributed by atoms with Crippen molar-refractivity contribution in [1.82, 2.24) is 4.31 Å². The maximum Gasteiger partial charge on any atom is 0.245 e. The second kappa shape index (κ2) is 7.45. The van der Waals surface area contributed by atoms with E-state index >= 15 is 0 Å². The second-order valence-electron chi connectivity index (χ2n) is 6.17. The standard InChI is InChI=1S/C18H21N3O4S/c19-17(13-6-2-1-3-7-13)18(23)20-15-12-14(8-9-16(15)22)26(24,25)21-10-4-5-11-21/h1-3,6-9,12,17,22H,4-5,10-11,19H2,(H,20,23). The van der Waals surface area contributed by atoms with E-state index in [-0.39, 0.29) is 16.3 Å². The van der Waals surface area contributed by atoms with Crippen LogP contribution in [0.4, 0.5) is 5.69 Å². The summed E-state index contributed by atoms with van der Waals surface area (Å²) in [4.78, 5) is 12.4. The molecule has 26 heavy (non-hydrogen) atoms. The number of rotatable bonds is 5. The Hall–Kier alpha value is -2.42. The number of hydrogen-bond acceptors (Lipinski definition) is 5. The maximum atomic E-state index is 12.6. The molecule has 138 valence electrons. The van der Waals surface area contributed by atoms with Gasteiger partial charge in [-0.2, -0.15) is 4.31 Å². The number of amides is 1. The fraction of sp³-hybridized carbons (Fsp3) is 0.278. The van der Waals surface area contributed by atoms with Crippen LogP contribution >= 0.6 is 0 Å². The highest BCUT2D eigenvalue weighted by Crippen LogP contribution is 2.30. The largest absolute Gasteiger partial charge is 0.506 e. The predicted octanol–water partition coefficient (Wildman–Crippen LogP) is 1.82. The molecule has 0 radical (unpaired) electrons. The Kier molecular flexibility index (Phi) is 5.26. The first-order valence-electron chi connectivity index (χ1n) is 8.34. The maximum absolute atomic E-state index is 12.6. The average molecular weight is 375 g/mol. The molecule has 2 aromatic carbocycles. The van der Waals surface area contributed by atoms with Gasteiger partial charge in [0.2, 0.25) is 15.9 Å². The molecule has 0 saturated carbocycles. The molecule has 1 unspecified atom stereocenters. The molecule has 1 fully saturated rings. The van der Waals surface area contributed by atoms with E-state index < -0.39 is 22.0 Å². The van der Waals surface area contributed by atoms with Gasteiger partial charge >= 0.3 is 0 Å². The van der Waals surface area contributed by atoms with Crippen molar-refractivity contribution in [3.63, 3.8) is 0 Å². The highest BCUT2D eigenvalue weighted by atomic mass is 32.2. The van der Waals surface area contributed by atoms with Gasteiger partial charge in [-0.25, -0.2) is 8.42 Å². The lowest BCUT2D eigenvalue weighted by Gasteiger charge is -2.17. The van der Waals surface area contributed by atoms with Crippen LogP contribution in [0.1, 0.15) is 24.4 Å². The van der Waals surface area contributed by atoms with Crippen molar-refractivity contribution in [2.24, 2.45) is 5.73 Å². The third kappa shape index (κ3) is 3.72. The molecule has 1 atom stereocenters. The van der Waals surface area contributed by atoms with E-state index in [9.17, 15) is 18.3 Å². The molecule has 0 aromatic heterocycles. The van der Waals surface area contributed by atoms with Crippen molar-refractivity contribution < 1.29 is 18.3 Å². The molecule has 1 saturated heterocycles. The molecule has 1 amide bonds. The molecule has 7 nitrogen and oxygen atoms in total. The lowest BCUT2D eigenvalue weighted by atomic mass is 10.1. The first kappa shape index (κ1) is 18.4. The van der Waals surface area contributed by atoms with E-state index in [1.165, 1.54) is 22.5 Å². The fourth-order valence-electron chi connectivity index (χ4n) is 2.88. The van der Waals surface area contributed by atoms with E-state index in [0.717, 1.165) is 12.8 Å². The van der Waals surface area contributed by atoms with E-state index in [1.54, 1.807) is 24.3 Å². The van der Waals surface area contributed by atoms with E-state index in [1.807, 2.05) is 6.07 Å². The number of aromatic hydroxyl groups is 1. The van der Waals surface area contributed by atoms with Gasteiger partial charge in [-0.15, -0.1) is 0 Å². The average Bonchev–Trinajstić information content (AvgIpc) is 3.19. The van der Waals surface area contributed by atoms with E-state index in [2.05, 4.69) is 5.32 Å². The summed E-state index contributed by atoms with van der Waals surface area (Å²) in [5.74, 6) is -0.763. The minimum atomic E-state index is -3.65. The Morgan fingerprint density at radius 3 is 2.42 bits per heavy atom. The molecule has 3 rings (SSSR count). The zero-order valence-corrected chi connectivity index (χ0v) is 14.9. The van der Waals surface area contributed by atoms with Gasteiger partial charge in [0.25, 0.3) is 0 Å². The lowest BCUT2D eigenvalue weighted by Crippen LogP contribution is -2.29. The number of anilines is 1. The molecule has 4 N–H and O–H groups in total. The molecule has 8 heteroatoms. The molecule has 0 spiro atoms. The van der Waals surface area contributed by atoms with Crippen LogP contribution in [0.25, 0.3) is 0 Å². The molecule has 1 heterocycles. The van der Waals surface area contributed by atoms with Crippen LogP contribution in [-0.2, 0) is 14.8 Å². The van der Waals surface area contributed by atoms with Crippen molar-refractivity contribution in [2.45, 2.75) is 23.8 Å². The summed E-state index contributed by atoms with van der Waals surface area (Å²) in [5.41, 5.74) is 6.57. The van der Waals surface area contributed by atoms with Crippen LogP contribution in [0, 0.1) is 0 Å². The summed E-state index contributed by atoms with van der Waals surface area (Å²) in [6.45, 7) is 0.952. The number of nitrogens with zero attached hydrogens (tertiary/aromatic N) is 1. The number of sulfonamides is 1. The van der Waals surface area contributed by atoms with Crippen LogP contribution in [0.5, 0.6) is 5.75 Å². The molecule has 1 aliphatic heterocycles. The number of phenolic OH excluding ortho intramolecular Hbond substituents is 1. The summed E-state index contributed by atoms with van der Waals surface area (Å²) < 4.78 is 26.7. The summed E-state index contributed by atoms with van der Waals surface area (Å²) in [6.07, 6.45) is 1.65. The number of nitrogens with two attached hydrogens (primary N) is 1. The van der Waals surface area contributed by atoms with Crippen LogP contribution in [-0.4, -0.2) is 36.8 Å². The number of benzene rings is 2. The Morgan fingerprint density at radius 2 is 1.77 bits per heavy atom. The molecule has 2 aromatic rings. The third-order valence-electron chi connectivity index (χ3n) is 4.37. The van der Waals surface area contributed by atoms with Crippen LogP contribution in [0.15, 0.2) is 53.4 Å². The van der Waals surface area contributed by atoms with Crippen molar-refractivity contribution in [2.75, 3.05) is 18.4 Å². The Morgan fingerprint density at radius 1 is 1.12 bits per heavy atom. The molecule has 0 bridgehead atoms. The molecular weight excluding hydrogens is 354 g/mol. The topological polar surface area (TPSA) is 113 Å². The van der Waals surface area contributed by atoms with Crippen molar-refractivity contribution >= 4 is 21.6 Å². The van der Waals surface area contributed by atoms with Crippen LogP contribution in [0.2, 0.25) is 0 Å². The van der Waals surface area contributed by atoms with E-state index in [4.69, 9.17) is 5.73 Å². The number of hydrogen-bond donors (Lipinski definition) is 3. The Labute approximate surface area is 152 Å². The van der Waals surface area contributed by atoms with Gasteiger partial charge in [0.05, 0.1) is 10.6 Å². The zero-order valence-electron chi connectivity index (χ0n) is 14.1. The van der Waals surface area contributed by atoms with Gasteiger partial charge in [-0.1, -0.05) is 30.3 Å². The quantitative estimate of drug-likeness (QED) is 0.690. The monoisotopic (exact) mass is 375 g/mol. The van der Waals surface area contributed by atoms with Gasteiger partial charge in [0.15, 0.2) is 0 Å². The summed E-state index contributed by atoms with van der Waals surface area (Å²) in [6, 6.07) is 11.7. The summed E-state index contributed by atoms with van der Waals surface area (Å²) in [7, 11) is -3.65. The molecule has 1 aliphatic rings. The number of nitrogens with one attached hydrogen (secondary N) is 1. The van der Waals surface area contributed by atoms with Gasteiger partial charge in [0, 0.05) is 13.1 Å². The predicted molar refractivity (Wildman–Crippen MR) is 98.1 cm³/mol. The highest BCUT2D eigenvalue weighted by molar-refractivity contribution is 7.89. The Bertz CT molecular complexity index is 894. The first-order chi connectivity index (χ1) is 12.4. The van der Waals surface area contributed by atoms with Crippen molar-refractivity contribution in [1.29, 1.82) is 0 Å². The Balaban J connectivity index is 1.83. The minimum absolute atomic E-state index is 0.0154. The molecular formula is C18H21N3O4S.